The van der Waals surface area contributed by atoms with Gasteiger partial charge in [0.1, 0.15) is 5.52 Å². The van der Waals surface area contributed by atoms with E-state index in [1.54, 1.807) is 28.9 Å². The van der Waals surface area contributed by atoms with E-state index in [1.807, 2.05) is 30.3 Å². The number of fused-ring (bicyclic) bond motifs is 1. The van der Waals surface area contributed by atoms with Crippen molar-refractivity contribution >= 4 is 22.8 Å². The van der Waals surface area contributed by atoms with E-state index < -0.39 is 0 Å². The molecule has 128 valence electrons. The highest BCUT2D eigenvalue weighted by Crippen LogP contribution is 2.22. The lowest BCUT2D eigenvalue weighted by Crippen LogP contribution is -2.32. The molecule has 1 atom stereocenters. The van der Waals surface area contributed by atoms with Crippen molar-refractivity contribution < 1.29 is 9.59 Å². The number of hydrogen-bond acceptors (Lipinski definition) is 4. The number of hydrogen-bond donors (Lipinski definition) is 1. The molecule has 0 aliphatic carbocycles. The summed E-state index contributed by atoms with van der Waals surface area (Å²) in [5.74, 6) is -0.698. The third-order valence-corrected chi connectivity index (χ3v) is 4.06. The van der Waals surface area contributed by atoms with Crippen LogP contribution in [0, 0.1) is 0 Å². The Morgan fingerprint density at radius 2 is 1.80 bits per heavy atom. The van der Waals surface area contributed by atoms with Crippen molar-refractivity contribution in [3.05, 3.63) is 60.2 Å². The second-order valence-electron chi connectivity index (χ2n) is 5.91. The van der Waals surface area contributed by atoms with E-state index in [4.69, 9.17) is 0 Å². The number of nitrogens with one attached hydrogen (secondary N) is 1. The summed E-state index contributed by atoms with van der Waals surface area (Å²) in [6.45, 7) is 2.05. The summed E-state index contributed by atoms with van der Waals surface area (Å²) in [5, 5.41) is 10.8. The van der Waals surface area contributed by atoms with Crippen molar-refractivity contribution in [3.63, 3.8) is 0 Å². The highest BCUT2D eigenvalue weighted by molar-refractivity contribution is 6.04. The molecule has 2 amide bonds. The van der Waals surface area contributed by atoms with Crippen molar-refractivity contribution in [3.8, 4) is 0 Å². The maximum absolute atomic E-state index is 12.3. The number of benzene rings is 2. The zero-order chi connectivity index (χ0) is 17.6. The Bertz CT molecular complexity index is 873. The normalized spacial score (nSPS) is 12.0. The quantitative estimate of drug-likeness (QED) is 0.750. The van der Waals surface area contributed by atoms with Crippen LogP contribution in [0.2, 0.25) is 0 Å². The van der Waals surface area contributed by atoms with Crippen LogP contribution in [0.15, 0.2) is 54.6 Å². The molecular formula is C19H20N4O2. The number of imide groups is 1. The van der Waals surface area contributed by atoms with E-state index in [0.29, 0.717) is 5.56 Å². The van der Waals surface area contributed by atoms with Crippen molar-refractivity contribution in [1.82, 2.24) is 20.3 Å². The highest BCUT2D eigenvalue weighted by atomic mass is 16.2. The minimum Gasteiger partial charge on any atom is -0.292 e. The van der Waals surface area contributed by atoms with Gasteiger partial charge in [-0.25, -0.2) is 4.68 Å². The smallest absolute Gasteiger partial charge is 0.257 e. The van der Waals surface area contributed by atoms with Crippen LogP contribution in [-0.4, -0.2) is 26.8 Å². The molecule has 1 unspecified atom stereocenters. The van der Waals surface area contributed by atoms with E-state index >= 15 is 0 Å². The van der Waals surface area contributed by atoms with Gasteiger partial charge in [0.15, 0.2) is 0 Å². The lowest BCUT2D eigenvalue weighted by Gasteiger charge is -2.16. The van der Waals surface area contributed by atoms with Crippen LogP contribution in [0.25, 0.3) is 11.0 Å². The molecule has 0 radical (unpaired) electrons. The molecule has 0 saturated heterocycles. The SMILES string of the molecule is CCCC(CC(=O)NC(=O)c1ccccc1)n1nnc2ccccc21. The van der Waals surface area contributed by atoms with Gasteiger partial charge in [0, 0.05) is 12.0 Å². The zero-order valence-corrected chi connectivity index (χ0v) is 14.1. The summed E-state index contributed by atoms with van der Waals surface area (Å²) in [4.78, 5) is 24.5. The summed E-state index contributed by atoms with van der Waals surface area (Å²) in [6, 6.07) is 16.2. The zero-order valence-electron chi connectivity index (χ0n) is 14.1. The molecule has 6 heteroatoms. The Balaban J connectivity index is 1.73. The van der Waals surface area contributed by atoms with Crippen LogP contribution in [0.3, 0.4) is 0 Å². The van der Waals surface area contributed by atoms with E-state index in [1.165, 1.54) is 0 Å². The fraction of sp³-hybridized carbons (Fsp3) is 0.263. The predicted octanol–water partition coefficient (Wildman–Crippen LogP) is 3.12. The molecule has 0 fully saturated rings. The molecule has 0 bridgehead atoms. The number of para-hydroxylation sites is 1. The maximum Gasteiger partial charge on any atom is 0.257 e. The van der Waals surface area contributed by atoms with Gasteiger partial charge in [-0.1, -0.05) is 48.9 Å². The number of aromatic nitrogens is 3. The highest BCUT2D eigenvalue weighted by Gasteiger charge is 2.20. The lowest BCUT2D eigenvalue weighted by atomic mass is 10.1. The van der Waals surface area contributed by atoms with E-state index in [-0.39, 0.29) is 24.3 Å². The van der Waals surface area contributed by atoms with Crippen molar-refractivity contribution in [2.24, 2.45) is 0 Å². The Morgan fingerprint density at radius 1 is 1.08 bits per heavy atom. The summed E-state index contributed by atoms with van der Waals surface area (Å²) in [7, 11) is 0. The second-order valence-corrected chi connectivity index (χ2v) is 5.91. The van der Waals surface area contributed by atoms with Gasteiger partial charge in [-0.05, 0) is 30.7 Å². The molecular weight excluding hydrogens is 316 g/mol. The molecule has 1 aromatic heterocycles. The maximum atomic E-state index is 12.3. The standard InChI is InChI=1S/C19H20N4O2/c1-2-8-15(23-17-12-7-6-11-16(17)21-22-23)13-18(24)20-19(25)14-9-4-3-5-10-14/h3-7,9-12,15H,2,8,13H2,1H3,(H,20,24,25). The Hall–Kier alpha value is -3.02. The topological polar surface area (TPSA) is 76.9 Å². The molecule has 0 aliphatic heterocycles. The van der Waals surface area contributed by atoms with Crippen LogP contribution in [0.1, 0.15) is 42.6 Å². The van der Waals surface area contributed by atoms with Crippen LogP contribution >= 0.6 is 0 Å². The first kappa shape index (κ1) is 16.8. The van der Waals surface area contributed by atoms with Crippen molar-refractivity contribution in [2.75, 3.05) is 0 Å². The van der Waals surface area contributed by atoms with E-state index in [9.17, 15) is 9.59 Å². The number of carbonyl (C=O) groups is 2. The molecule has 2 aromatic carbocycles. The Labute approximate surface area is 145 Å². The lowest BCUT2D eigenvalue weighted by molar-refractivity contribution is -0.121. The number of rotatable bonds is 6. The molecule has 6 nitrogen and oxygen atoms in total. The summed E-state index contributed by atoms with van der Waals surface area (Å²) in [5.41, 5.74) is 2.15. The Kier molecular flexibility index (Phi) is 5.18. The molecule has 3 aromatic rings. The predicted molar refractivity (Wildman–Crippen MR) is 95.0 cm³/mol. The third-order valence-electron chi connectivity index (χ3n) is 4.06. The van der Waals surface area contributed by atoms with Gasteiger partial charge in [-0.2, -0.15) is 0 Å². The minimum absolute atomic E-state index is 0.138. The van der Waals surface area contributed by atoms with Crippen LogP contribution in [0.5, 0.6) is 0 Å². The van der Waals surface area contributed by atoms with Crippen molar-refractivity contribution in [1.29, 1.82) is 0 Å². The monoisotopic (exact) mass is 336 g/mol. The van der Waals surface area contributed by atoms with Crippen LogP contribution < -0.4 is 5.32 Å². The van der Waals surface area contributed by atoms with Gasteiger partial charge in [0.25, 0.3) is 5.91 Å². The van der Waals surface area contributed by atoms with Gasteiger partial charge < -0.3 is 0 Å². The molecule has 3 rings (SSSR count). The molecule has 0 spiro atoms. The summed E-state index contributed by atoms with van der Waals surface area (Å²) >= 11 is 0. The number of nitrogens with zero attached hydrogens (tertiary/aromatic N) is 3. The first-order valence-electron chi connectivity index (χ1n) is 8.38. The van der Waals surface area contributed by atoms with Gasteiger partial charge in [0.2, 0.25) is 5.91 Å². The first-order chi connectivity index (χ1) is 12.2. The molecule has 25 heavy (non-hydrogen) atoms. The van der Waals surface area contributed by atoms with Crippen LogP contribution in [-0.2, 0) is 4.79 Å². The third kappa shape index (κ3) is 3.91. The van der Waals surface area contributed by atoms with E-state index in [0.717, 1.165) is 23.9 Å². The fourth-order valence-electron chi connectivity index (χ4n) is 2.85. The Morgan fingerprint density at radius 3 is 2.56 bits per heavy atom. The first-order valence-corrected chi connectivity index (χ1v) is 8.38. The fourth-order valence-corrected chi connectivity index (χ4v) is 2.85. The average molecular weight is 336 g/mol. The van der Waals surface area contributed by atoms with Gasteiger partial charge in [-0.3, -0.25) is 14.9 Å². The summed E-state index contributed by atoms with van der Waals surface area (Å²) < 4.78 is 1.78. The van der Waals surface area contributed by atoms with Gasteiger partial charge in [0.05, 0.1) is 11.6 Å². The van der Waals surface area contributed by atoms with Crippen molar-refractivity contribution in [2.45, 2.75) is 32.2 Å². The second kappa shape index (κ2) is 7.70. The van der Waals surface area contributed by atoms with Crippen LogP contribution in [0.4, 0.5) is 0 Å². The van der Waals surface area contributed by atoms with E-state index in [2.05, 4.69) is 22.6 Å². The average Bonchev–Trinajstić information content (AvgIpc) is 3.06. The van der Waals surface area contributed by atoms with Gasteiger partial charge >= 0.3 is 0 Å². The summed E-state index contributed by atoms with van der Waals surface area (Å²) in [6.07, 6.45) is 1.86. The molecule has 0 saturated carbocycles. The largest absolute Gasteiger partial charge is 0.292 e. The van der Waals surface area contributed by atoms with Gasteiger partial charge in [-0.15, -0.1) is 5.10 Å². The number of carbonyl (C=O) groups excluding carboxylic acids is 2. The molecule has 1 heterocycles. The minimum atomic E-state index is -0.385. The molecule has 0 aliphatic rings. The molecule has 1 N–H and O–H groups in total. The number of amides is 2.